The molecule has 0 aromatic heterocycles. The number of carbonyl (C=O) groups excluding carboxylic acids is 2. The first-order chi connectivity index (χ1) is 24.2. The van der Waals surface area contributed by atoms with Gasteiger partial charge in [0, 0.05) is 12.8 Å². The number of hydrogen-bond acceptors (Lipinski definition) is 6. The highest BCUT2D eigenvalue weighted by atomic mass is 16.5. The minimum atomic E-state index is -0.882. The van der Waals surface area contributed by atoms with Gasteiger partial charge in [-0.3, -0.25) is 9.59 Å². The van der Waals surface area contributed by atoms with Crippen molar-refractivity contribution in [2.45, 2.75) is 251 Å². The van der Waals surface area contributed by atoms with Gasteiger partial charge in [0.05, 0.1) is 5.60 Å². The molecule has 6 heteroatoms. The van der Waals surface area contributed by atoms with Gasteiger partial charge in [0.15, 0.2) is 0 Å². The number of esters is 2. The van der Waals surface area contributed by atoms with E-state index in [2.05, 4.69) is 46.7 Å². The topological polar surface area (TPSA) is 76.1 Å². The molecular weight excluding hydrogens is 622 g/mol. The molecule has 0 amide bonds. The quantitative estimate of drug-likeness (QED) is 0.0508. The summed E-state index contributed by atoms with van der Waals surface area (Å²) >= 11 is 0. The van der Waals surface area contributed by atoms with Crippen LogP contribution in [0.5, 0.6) is 0 Å². The van der Waals surface area contributed by atoms with Crippen LogP contribution in [0.3, 0.4) is 0 Å². The molecule has 0 fully saturated rings. The molecule has 0 aliphatic heterocycles. The third-order valence-electron chi connectivity index (χ3n) is 10.4. The predicted octanol–water partition coefficient (Wildman–Crippen LogP) is 12.7. The van der Waals surface area contributed by atoms with E-state index in [4.69, 9.17) is 9.47 Å². The van der Waals surface area contributed by atoms with Crippen molar-refractivity contribution in [2.24, 2.45) is 0 Å². The van der Waals surface area contributed by atoms with Crippen LogP contribution in [0.25, 0.3) is 0 Å². The molecule has 0 atom stereocenters. The summed E-state index contributed by atoms with van der Waals surface area (Å²) in [7, 11) is 4.11. The number of hydrogen-bond donors (Lipinski definition) is 1. The van der Waals surface area contributed by atoms with Gasteiger partial charge in [-0.2, -0.15) is 0 Å². The summed E-state index contributed by atoms with van der Waals surface area (Å²) in [6, 6.07) is 0. The molecule has 298 valence electrons. The average molecular weight is 710 g/mol. The Morgan fingerprint density at radius 1 is 0.480 bits per heavy atom. The van der Waals surface area contributed by atoms with Crippen molar-refractivity contribution in [3.8, 4) is 0 Å². The zero-order valence-corrected chi connectivity index (χ0v) is 34.5. The molecule has 0 rings (SSSR count). The minimum Gasteiger partial charge on any atom is -0.462 e. The molecule has 50 heavy (non-hydrogen) atoms. The van der Waals surface area contributed by atoms with Gasteiger partial charge in [-0.25, -0.2) is 0 Å². The highest BCUT2D eigenvalue weighted by Gasteiger charge is 2.27. The number of carbonyl (C=O) groups is 2. The fourth-order valence-corrected chi connectivity index (χ4v) is 7.14. The number of nitrogens with zero attached hydrogens (tertiary/aromatic N) is 1. The molecule has 1 N–H and O–H groups in total. The number of rotatable bonds is 38. The van der Waals surface area contributed by atoms with Crippen LogP contribution >= 0.6 is 0 Å². The zero-order valence-electron chi connectivity index (χ0n) is 34.5. The van der Waals surface area contributed by atoms with Crippen molar-refractivity contribution in [1.82, 2.24) is 4.90 Å². The van der Waals surface area contributed by atoms with Gasteiger partial charge in [0.25, 0.3) is 0 Å². The maximum Gasteiger partial charge on any atom is 0.306 e. The molecule has 0 spiro atoms. The smallest absolute Gasteiger partial charge is 0.306 e. The van der Waals surface area contributed by atoms with Crippen molar-refractivity contribution >= 4 is 11.9 Å². The van der Waals surface area contributed by atoms with E-state index >= 15 is 0 Å². The Bertz CT molecular complexity index is 677. The molecule has 6 nitrogen and oxygen atoms in total. The molecule has 0 heterocycles. The second-order valence-corrected chi connectivity index (χ2v) is 15.9. The fourth-order valence-electron chi connectivity index (χ4n) is 7.14. The summed E-state index contributed by atoms with van der Waals surface area (Å²) in [4.78, 5) is 28.1. The van der Waals surface area contributed by atoms with Gasteiger partial charge < -0.3 is 19.5 Å². The highest BCUT2D eigenvalue weighted by molar-refractivity contribution is 5.69. The summed E-state index contributed by atoms with van der Waals surface area (Å²) in [6.07, 6.45) is 32.9. The first-order valence-electron chi connectivity index (χ1n) is 22.0. The summed E-state index contributed by atoms with van der Waals surface area (Å²) in [5.41, 5.74) is -0.882. The summed E-state index contributed by atoms with van der Waals surface area (Å²) in [6.45, 7) is 9.86. The van der Waals surface area contributed by atoms with Crippen LogP contribution in [0.4, 0.5) is 0 Å². The van der Waals surface area contributed by atoms with Gasteiger partial charge in [-0.15, -0.1) is 0 Å². The first-order valence-corrected chi connectivity index (χ1v) is 22.0. The Kier molecular flexibility index (Phi) is 34.1. The maximum atomic E-state index is 13.0. The van der Waals surface area contributed by atoms with E-state index < -0.39 is 5.60 Å². The minimum absolute atomic E-state index is 0.0206. The molecule has 0 aliphatic rings. The standard InChI is InChI=1S/C44H87NO5/c1-7-11-15-19-23-30-40(31-24-20-16-12-8-2)49-42(46)34-27-36-44(48,38-29-39-45(5)6)37-28-35-43(47)50-41(32-25-21-17-13-9-3)33-26-22-18-14-10-4/h40-41,48H,7-39H2,1-6H3. The Labute approximate surface area is 312 Å². The fraction of sp³-hybridized carbons (Fsp3) is 0.955. The lowest BCUT2D eigenvalue weighted by molar-refractivity contribution is -0.150. The van der Waals surface area contributed by atoms with Gasteiger partial charge in [0.1, 0.15) is 12.2 Å². The van der Waals surface area contributed by atoms with Crippen molar-refractivity contribution in [1.29, 1.82) is 0 Å². The van der Waals surface area contributed by atoms with Crippen LogP contribution in [0.1, 0.15) is 233 Å². The SMILES string of the molecule is CCCCCCCC(CCCCCCC)OC(=O)CCCC(O)(CCCC(=O)OC(CCCCCCC)CCCCCCC)CCCN(C)C. The molecule has 0 aromatic rings. The lowest BCUT2D eigenvalue weighted by Gasteiger charge is -2.29. The number of aliphatic hydroxyl groups is 1. The summed E-state index contributed by atoms with van der Waals surface area (Å²) in [5, 5.41) is 11.7. The zero-order chi connectivity index (χ0) is 37.1. The van der Waals surface area contributed by atoms with E-state index in [1.807, 2.05) is 0 Å². The van der Waals surface area contributed by atoms with Crippen molar-refractivity contribution in [3.63, 3.8) is 0 Å². The van der Waals surface area contributed by atoms with Crippen LogP contribution < -0.4 is 0 Å². The van der Waals surface area contributed by atoms with Gasteiger partial charge in [-0.05, 0) is 111 Å². The highest BCUT2D eigenvalue weighted by Crippen LogP contribution is 2.28. The van der Waals surface area contributed by atoms with Crippen LogP contribution in [0.2, 0.25) is 0 Å². The number of unbranched alkanes of at least 4 members (excludes halogenated alkanes) is 16. The predicted molar refractivity (Wildman–Crippen MR) is 214 cm³/mol. The molecule has 0 aliphatic carbocycles. The van der Waals surface area contributed by atoms with E-state index in [-0.39, 0.29) is 24.1 Å². The first kappa shape index (κ1) is 48.9. The summed E-state index contributed by atoms with van der Waals surface area (Å²) in [5.74, 6) is -0.237. The largest absolute Gasteiger partial charge is 0.462 e. The second kappa shape index (κ2) is 34.9. The van der Waals surface area contributed by atoms with Crippen LogP contribution in [-0.2, 0) is 19.1 Å². The van der Waals surface area contributed by atoms with Crippen molar-refractivity contribution in [2.75, 3.05) is 20.6 Å². The molecule has 0 unspecified atom stereocenters. The van der Waals surface area contributed by atoms with Crippen molar-refractivity contribution < 1.29 is 24.2 Å². The molecule has 0 saturated heterocycles. The maximum absolute atomic E-state index is 13.0. The van der Waals surface area contributed by atoms with E-state index in [0.717, 1.165) is 64.3 Å². The lowest BCUT2D eigenvalue weighted by atomic mass is 9.86. The Morgan fingerprint density at radius 2 is 0.780 bits per heavy atom. The van der Waals surface area contributed by atoms with Crippen LogP contribution in [0.15, 0.2) is 0 Å². The molecular formula is C44H87NO5. The Morgan fingerprint density at radius 3 is 1.08 bits per heavy atom. The van der Waals surface area contributed by atoms with E-state index in [0.29, 0.717) is 44.9 Å². The molecule has 0 bridgehead atoms. The Balaban J connectivity index is 4.99. The van der Waals surface area contributed by atoms with Crippen molar-refractivity contribution in [3.05, 3.63) is 0 Å². The third kappa shape index (κ3) is 31.6. The Hall–Kier alpha value is -1.14. The average Bonchev–Trinajstić information content (AvgIpc) is 3.07. The molecule has 0 saturated carbocycles. The van der Waals surface area contributed by atoms with E-state index in [9.17, 15) is 14.7 Å². The van der Waals surface area contributed by atoms with Gasteiger partial charge in [0.2, 0.25) is 0 Å². The van der Waals surface area contributed by atoms with E-state index in [1.54, 1.807) is 0 Å². The second-order valence-electron chi connectivity index (χ2n) is 15.9. The van der Waals surface area contributed by atoms with Gasteiger partial charge >= 0.3 is 11.9 Å². The molecule has 0 radical (unpaired) electrons. The van der Waals surface area contributed by atoms with E-state index in [1.165, 1.54) is 103 Å². The van der Waals surface area contributed by atoms with Crippen LogP contribution in [-0.4, -0.2) is 60.4 Å². The normalized spacial score (nSPS) is 12.0. The lowest BCUT2D eigenvalue weighted by Crippen LogP contribution is -2.31. The molecule has 0 aromatic carbocycles. The third-order valence-corrected chi connectivity index (χ3v) is 10.4. The van der Waals surface area contributed by atoms with Crippen LogP contribution in [0, 0.1) is 0 Å². The monoisotopic (exact) mass is 710 g/mol. The summed E-state index contributed by atoms with van der Waals surface area (Å²) < 4.78 is 12.1. The number of ether oxygens (including phenoxy) is 2. The van der Waals surface area contributed by atoms with Gasteiger partial charge in [-0.1, -0.05) is 130 Å².